The number of carbonyl (C=O) groups excluding carboxylic acids is 1. The molecule has 2 aromatic rings. The first-order valence-electron chi connectivity index (χ1n) is 6.62. The second-order valence-electron chi connectivity index (χ2n) is 4.79. The molecule has 0 aromatic heterocycles. The van der Waals surface area contributed by atoms with Gasteiger partial charge in [-0.1, -0.05) is 15.9 Å². The van der Waals surface area contributed by atoms with Crippen LogP contribution in [-0.2, 0) is 14.8 Å². The van der Waals surface area contributed by atoms with Gasteiger partial charge in [-0.2, -0.15) is 4.72 Å². The van der Waals surface area contributed by atoms with E-state index in [0.29, 0.717) is 5.69 Å². The van der Waals surface area contributed by atoms with Gasteiger partial charge in [0, 0.05) is 13.7 Å². The van der Waals surface area contributed by atoms with Gasteiger partial charge in [0.2, 0.25) is 15.9 Å². The van der Waals surface area contributed by atoms with Crippen LogP contribution in [0.4, 0.5) is 5.69 Å². The first kappa shape index (κ1) is 18.4. The van der Waals surface area contributed by atoms with Crippen LogP contribution in [0.5, 0.6) is 0 Å². The second kappa shape index (κ2) is 7.73. The molecule has 8 heteroatoms. The van der Waals surface area contributed by atoms with Gasteiger partial charge in [0.15, 0.2) is 0 Å². The zero-order chi connectivity index (χ0) is 17.0. The van der Waals surface area contributed by atoms with Crippen LogP contribution in [0, 0.1) is 3.57 Å². The minimum Gasteiger partial charge on any atom is -0.325 e. The number of hydrogen-bond acceptors (Lipinski definition) is 3. The Morgan fingerprint density at radius 1 is 1.09 bits per heavy atom. The van der Waals surface area contributed by atoms with Crippen molar-refractivity contribution < 1.29 is 13.2 Å². The summed E-state index contributed by atoms with van der Waals surface area (Å²) in [4.78, 5) is 12.2. The molecular weight excluding hydrogens is 495 g/mol. The Balaban J connectivity index is 2.05. The number of hydrogen-bond donors (Lipinski definition) is 2. The molecule has 2 rings (SSSR count). The normalized spacial score (nSPS) is 12.7. The Hall–Kier alpha value is -0.970. The van der Waals surface area contributed by atoms with Crippen molar-refractivity contribution in [3.63, 3.8) is 0 Å². The number of sulfonamides is 1. The molecule has 2 aromatic carbocycles. The fourth-order valence-electron chi connectivity index (χ4n) is 1.75. The van der Waals surface area contributed by atoms with Crippen LogP contribution in [-0.4, -0.2) is 20.4 Å². The van der Waals surface area contributed by atoms with Crippen molar-refractivity contribution in [3.8, 4) is 0 Å². The van der Waals surface area contributed by atoms with E-state index in [2.05, 4.69) is 48.6 Å². The number of carbonyl (C=O) groups is 1. The van der Waals surface area contributed by atoms with Crippen molar-refractivity contribution in [3.05, 3.63) is 56.6 Å². The highest BCUT2D eigenvalue weighted by molar-refractivity contribution is 14.1. The number of halogens is 2. The van der Waals surface area contributed by atoms with Crippen molar-refractivity contribution in [2.45, 2.75) is 17.9 Å². The molecule has 0 unspecified atom stereocenters. The summed E-state index contributed by atoms with van der Waals surface area (Å²) >= 11 is 5.41. The molecule has 5 nitrogen and oxygen atoms in total. The summed E-state index contributed by atoms with van der Waals surface area (Å²) in [6.07, 6.45) is 0. The molecule has 1 amide bonds. The van der Waals surface area contributed by atoms with E-state index in [9.17, 15) is 13.2 Å². The smallest absolute Gasteiger partial charge is 0.242 e. The lowest BCUT2D eigenvalue weighted by Gasteiger charge is -2.14. The van der Waals surface area contributed by atoms with Crippen molar-refractivity contribution >= 4 is 60.1 Å². The lowest BCUT2D eigenvalue weighted by atomic mass is 10.3. The summed E-state index contributed by atoms with van der Waals surface area (Å²) in [6.45, 7) is 1.50. The quantitative estimate of drug-likeness (QED) is 0.608. The SMILES string of the molecule is C[C@@H](NS(=O)(=O)c1ccc(Br)cc1)C(=O)Nc1ccc(I)cc1. The second-order valence-corrected chi connectivity index (χ2v) is 8.67. The van der Waals surface area contributed by atoms with Gasteiger partial charge in [0.1, 0.15) is 0 Å². The van der Waals surface area contributed by atoms with E-state index >= 15 is 0 Å². The van der Waals surface area contributed by atoms with Crippen LogP contribution in [0.3, 0.4) is 0 Å². The van der Waals surface area contributed by atoms with E-state index in [1.807, 2.05) is 12.1 Å². The maximum absolute atomic E-state index is 12.2. The van der Waals surface area contributed by atoms with Crippen molar-refractivity contribution in [2.24, 2.45) is 0 Å². The van der Waals surface area contributed by atoms with Crippen LogP contribution < -0.4 is 10.0 Å². The van der Waals surface area contributed by atoms with E-state index in [0.717, 1.165) is 8.04 Å². The zero-order valence-electron chi connectivity index (χ0n) is 12.1. The molecule has 0 aliphatic heterocycles. The highest BCUT2D eigenvalue weighted by Gasteiger charge is 2.22. The standard InChI is InChI=1S/C15H14BrIN2O3S/c1-10(15(20)18-13-6-4-12(17)5-7-13)19-23(21,22)14-8-2-11(16)3-9-14/h2-10,19H,1H3,(H,18,20)/t10-/m1/s1. The summed E-state index contributed by atoms with van der Waals surface area (Å²) in [5.41, 5.74) is 0.616. The molecule has 122 valence electrons. The van der Waals surface area contributed by atoms with Crippen LogP contribution in [0.25, 0.3) is 0 Å². The number of rotatable bonds is 5. The molecular formula is C15H14BrIN2O3S. The molecule has 0 saturated carbocycles. The fourth-order valence-corrected chi connectivity index (χ4v) is 3.58. The molecule has 2 N–H and O–H groups in total. The van der Waals surface area contributed by atoms with Gasteiger partial charge in [-0.05, 0) is 78.0 Å². The predicted octanol–water partition coefficient (Wildman–Crippen LogP) is 3.36. The fraction of sp³-hybridized carbons (Fsp3) is 0.133. The molecule has 0 fully saturated rings. The molecule has 0 aliphatic rings. The van der Waals surface area contributed by atoms with Gasteiger partial charge in [0.25, 0.3) is 0 Å². The summed E-state index contributed by atoms with van der Waals surface area (Å²) in [5, 5.41) is 2.68. The third-order valence-corrected chi connectivity index (χ3v) is 5.77. The van der Waals surface area contributed by atoms with Crippen molar-refractivity contribution in [1.82, 2.24) is 4.72 Å². The molecule has 0 radical (unpaired) electrons. The number of amides is 1. The summed E-state index contributed by atoms with van der Waals surface area (Å²) in [7, 11) is -3.75. The Morgan fingerprint density at radius 2 is 1.65 bits per heavy atom. The predicted molar refractivity (Wildman–Crippen MR) is 102 cm³/mol. The van der Waals surface area contributed by atoms with Crippen LogP contribution in [0.15, 0.2) is 57.9 Å². The van der Waals surface area contributed by atoms with Crippen LogP contribution in [0.2, 0.25) is 0 Å². The highest BCUT2D eigenvalue weighted by atomic mass is 127. The topological polar surface area (TPSA) is 75.3 Å². The van der Waals surface area contributed by atoms with Gasteiger partial charge in [0.05, 0.1) is 10.9 Å². The molecule has 0 spiro atoms. The lowest BCUT2D eigenvalue weighted by Crippen LogP contribution is -2.41. The van der Waals surface area contributed by atoms with Gasteiger partial charge in [-0.3, -0.25) is 4.79 Å². The minimum atomic E-state index is -3.75. The molecule has 1 atom stereocenters. The van der Waals surface area contributed by atoms with Crippen molar-refractivity contribution in [2.75, 3.05) is 5.32 Å². The number of nitrogens with one attached hydrogen (secondary N) is 2. The minimum absolute atomic E-state index is 0.106. The first-order chi connectivity index (χ1) is 10.8. The van der Waals surface area contributed by atoms with Crippen LogP contribution in [0.1, 0.15) is 6.92 Å². The molecule has 0 heterocycles. The lowest BCUT2D eigenvalue weighted by molar-refractivity contribution is -0.117. The Kier molecular flexibility index (Phi) is 6.18. The van der Waals surface area contributed by atoms with E-state index < -0.39 is 22.0 Å². The summed E-state index contributed by atoms with van der Waals surface area (Å²) < 4.78 is 28.7. The average Bonchev–Trinajstić information content (AvgIpc) is 2.49. The van der Waals surface area contributed by atoms with Gasteiger partial charge in [-0.15, -0.1) is 0 Å². The number of anilines is 1. The maximum Gasteiger partial charge on any atom is 0.242 e. The average molecular weight is 509 g/mol. The van der Waals surface area contributed by atoms with E-state index in [4.69, 9.17) is 0 Å². The maximum atomic E-state index is 12.2. The van der Waals surface area contributed by atoms with E-state index in [1.165, 1.54) is 19.1 Å². The molecule has 0 bridgehead atoms. The van der Waals surface area contributed by atoms with E-state index in [1.54, 1.807) is 24.3 Å². The molecule has 23 heavy (non-hydrogen) atoms. The highest BCUT2D eigenvalue weighted by Crippen LogP contribution is 2.15. The number of benzene rings is 2. The third kappa shape index (κ3) is 5.27. The largest absolute Gasteiger partial charge is 0.325 e. The Bertz CT molecular complexity index is 792. The van der Waals surface area contributed by atoms with Crippen molar-refractivity contribution in [1.29, 1.82) is 0 Å². The zero-order valence-corrected chi connectivity index (χ0v) is 16.6. The Morgan fingerprint density at radius 3 is 2.22 bits per heavy atom. The summed E-state index contributed by atoms with van der Waals surface area (Å²) in [5.74, 6) is -0.424. The van der Waals surface area contributed by atoms with Gasteiger partial charge in [-0.25, -0.2) is 8.42 Å². The first-order valence-corrected chi connectivity index (χ1v) is 9.98. The van der Waals surface area contributed by atoms with Gasteiger partial charge >= 0.3 is 0 Å². The molecule has 0 aliphatic carbocycles. The third-order valence-electron chi connectivity index (χ3n) is 2.96. The summed E-state index contributed by atoms with van der Waals surface area (Å²) in [6, 6.07) is 12.5. The van der Waals surface area contributed by atoms with E-state index in [-0.39, 0.29) is 4.90 Å². The monoisotopic (exact) mass is 508 g/mol. The van der Waals surface area contributed by atoms with Crippen LogP contribution >= 0.6 is 38.5 Å². The Labute approximate surface area is 157 Å². The molecule has 0 saturated heterocycles. The van der Waals surface area contributed by atoms with Gasteiger partial charge < -0.3 is 5.32 Å².